The third-order valence-electron chi connectivity index (χ3n) is 4.98. The molecule has 1 saturated carbocycles. The number of hydrogen-bond donors (Lipinski definition) is 1. The summed E-state index contributed by atoms with van der Waals surface area (Å²) in [5.41, 5.74) is 1.20. The fourth-order valence-electron chi connectivity index (χ4n) is 4.02. The molecule has 0 aromatic carbocycles. The first kappa shape index (κ1) is 13.7. The Labute approximate surface area is 122 Å². The van der Waals surface area contributed by atoms with Crippen LogP contribution >= 0.6 is 0 Å². The molecule has 2 fully saturated rings. The molecule has 0 spiro atoms. The average molecular weight is 274 g/mol. The molecular formula is C16H26N4. The normalized spacial score (nSPS) is 23.6. The lowest BCUT2D eigenvalue weighted by molar-refractivity contribution is 0.428. The number of anilines is 2. The standard InChI is InChI=1S/C16H26N4/c1-11-15(17-3)18-12(2)19-16(11)20-10-6-9-14(20)13-7-4-5-8-13/h13-14H,4-10H2,1-3H3,(H,17,18,19). The molecule has 1 N–H and O–H groups in total. The van der Waals surface area contributed by atoms with Crippen molar-refractivity contribution >= 4 is 11.6 Å². The Morgan fingerprint density at radius 3 is 2.50 bits per heavy atom. The van der Waals surface area contributed by atoms with Crippen LogP contribution < -0.4 is 10.2 Å². The topological polar surface area (TPSA) is 41.1 Å². The fourth-order valence-corrected chi connectivity index (χ4v) is 4.02. The van der Waals surface area contributed by atoms with Crippen molar-refractivity contribution in [3.05, 3.63) is 11.4 Å². The molecular weight excluding hydrogens is 248 g/mol. The molecule has 4 heteroatoms. The molecule has 1 aliphatic carbocycles. The second-order valence-corrected chi connectivity index (χ2v) is 6.27. The Balaban J connectivity index is 1.92. The highest BCUT2D eigenvalue weighted by molar-refractivity contribution is 5.59. The first-order chi connectivity index (χ1) is 9.70. The van der Waals surface area contributed by atoms with Crippen molar-refractivity contribution in [2.24, 2.45) is 5.92 Å². The monoisotopic (exact) mass is 274 g/mol. The molecule has 2 aliphatic rings. The van der Waals surface area contributed by atoms with Crippen molar-refractivity contribution in [1.29, 1.82) is 0 Å². The summed E-state index contributed by atoms with van der Waals surface area (Å²) in [6.07, 6.45) is 8.28. The Bertz CT molecular complexity index is 480. The fraction of sp³-hybridized carbons (Fsp3) is 0.750. The Morgan fingerprint density at radius 2 is 1.80 bits per heavy atom. The minimum absolute atomic E-state index is 0.704. The van der Waals surface area contributed by atoms with Gasteiger partial charge < -0.3 is 10.2 Å². The summed E-state index contributed by atoms with van der Waals surface area (Å²) in [7, 11) is 1.94. The molecule has 1 aromatic heterocycles. The number of aryl methyl sites for hydroxylation is 1. The van der Waals surface area contributed by atoms with Gasteiger partial charge in [0.15, 0.2) is 0 Å². The molecule has 1 saturated heterocycles. The van der Waals surface area contributed by atoms with E-state index in [0.29, 0.717) is 6.04 Å². The van der Waals surface area contributed by atoms with E-state index < -0.39 is 0 Å². The maximum Gasteiger partial charge on any atom is 0.137 e. The lowest BCUT2D eigenvalue weighted by atomic mass is 9.96. The van der Waals surface area contributed by atoms with Gasteiger partial charge in [-0.25, -0.2) is 9.97 Å². The quantitative estimate of drug-likeness (QED) is 0.918. The van der Waals surface area contributed by atoms with E-state index >= 15 is 0 Å². The zero-order chi connectivity index (χ0) is 14.1. The van der Waals surface area contributed by atoms with Gasteiger partial charge in [-0.05, 0) is 45.4 Å². The van der Waals surface area contributed by atoms with Crippen LogP contribution in [0.3, 0.4) is 0 Å². The summed E-state index contributed by atoms with van der Waals surface area (Å²) < 4.78 is 0. The minimum atomic E-state index is 0.704. The van der Waals surface area contributed by atoms with Crippen molar-refractivity contribution in [2.75, 3.05) is 23.8 Å². The maximum absolute atomic E-state index is 4.76. The summed E-state index contributed by atoms with van der Waals surface area (Å²) in [5, 5.41) is 3.21. The smallest absolute Gasteiger partial charge is 0.137 e. The molecule has 1 atom stereocenters. The predicted molar refractivity (Wildman–Crippen MR) is 83.4 cm³/mol. The van der Waals surface area contributed by atoms with E-state index in [0.717, 1.165) is 29.9 Å². The number of rotatable bonds is 3. The molecule has 0 amide bonds. The van der Waals surface area contributed by atoms with Crippen molar-refractivity contribution in [3.63, 3.8) is 0 Å². The Morgan fingerprint density at radius 1 is 1.05 bits per heavy atom. The lowest BCUT2D eigenvalue weighted by Crippen LogP contribution is -2.36. The summed E-state index contributed by atoms with van der Waals surface area (Å²) >= 11 is 0. The highest BCUT2D eigenvalue weighted by atomic mass is 15.2. The minimum Gasteiger partial charge on any atom is -0.373 e. The number of nitrogens with one attached hydrogen (secondary N) is 1. The summed E-state index contributed by atoms with van der Waals surface area (Å²) in [5.74, 6) is 3.89. The third kappa shape index (κ3) is 2.36. The molecule has 20 heavy (non-hydrogen) atoms. The van der Waals surface area contributed by atoms with Gasteiger partial charge in [-0.15, -0.1) is 0 Å². The van der Waals surface area contributed by atoms with E-state index in [9.17, 15) is 0 Å². The number of hydrogen-bond acceptors (Lipinski definition) is 4. The van der Waals surface area contributed by atoms with Gasteiger partial charge in [0.1, 0.15) is 17.5 Å². The van der Waals surface area contributed by atoms with E-state index in [-0.39, 0.29) is 0 Å². The molecule has 1 unspecified atom stereocenters. The zero-order valence-corrected chi connectivity index (χ0v) is 12.9. The average Bonchev–Trinajstić information content (AvgIpc) is 3.09. The molecule has 0 radical (unpaired) electrons. The maximum atomic E-state index is 4.76. The molecule has 1 aromatic rings. The van der Waals surface area contributed by atoms with Crippen LogP contribution in [0.25, 0.3) is 0 Å². The van der Waals surface area contributed by atoms with Crippen molar-refractivity contribution < 1.29 is 0 Å². The third-order valence-corrected chi connectivity index (χ3v) is 4.98. The van der Waals surface area contributed by atoms with Gasteiger partial charge in [-0.3, -0.25) is 0 Å². The van der Waals surface area contributed by atoms with E-state index in [1.165, 1.54) is 44.1 Å². The lowest BCUT2D eigenvalue weighted by Gasteiger charge is -2.31. The first-order valence-corrected chi connectivity index (χ1v) is 8.00. The number of nitrogens with zero attached hydrogens (tertiary/aromatic N) is 3. The largest absolute Gasteiger partial charge is 0.373 e. The molecule has 110 valence electrons. The van der Waals surface area contributed by atoms with Gasteiger partial charge in [-0.1, -0.05) is 12.8 Å². The Kier molecular flexibility index (Phi) is 3.81. The Hall–Kier alpha value is -1.32. The number of aromatic nitrogens is 2. The van der Waals surface area contributed by atoms with Crippen molar-refractivity contribution in [2.45, 2.75) is 58.4 Å². The van der Waals surface area contributed by atoms with Crippen molar-refractivity contribution in [1.82, 2.24) is 9.97 Å². The molecule has 3 rings (SSSR count). The van der Waals surface area contributed by atoms with Gasteiger partial charge in [0.2, 0.25) is 0 Å². The van der Waals surface area contributed by atoms with E-state index in [1.54, 1.807) is 0 Å². The van der Waals surface area contributed by atoms with Crippen LogP contribution in [0.5, 0.6) is 0 Å². The van der Waals surface area contributed by atoms with Gasteiger partial charge in [-0.2, -0.15) is 0 Å². The summed E-state index contributed by atoms with van der Waals surface area (Å²) in [6.45, 7) is 5.29. The van der Waals surface area contributed by atoms with Crippen LogP contribution in [-0.2, 0) is 0 Å². The first-order valence-electron chi connectivity index (χ1n) is 8.00. The second-order valence-electron chi connectivity index (χ2n) is 6.27. The molecule has 1 aliphatic heterocycles. The van der Waals surface area contributed by atoms with Crippen LogP contribution in [-0.4, -0.2) is 29.6 Å². The van der Waals surface area contributed by atoms with Crippen LogP contribution in [0.15, 0.2) is 0 Å². The van der Waals surface area contributed by atoms with Crippen LogP contribution in [0.2, 0.25) is 0 Å². The summed E-state index contributed by atoms with van der Waals surface area (Å²) in [6, 6.07) is 0.704. The van der Waals surface area contributed by atoms with Crippen LogP contribution in [0, 0.1) is 19.8 Å². The van der Waals surface area contributed by atoms with E-state index in [2.05, 4.69) is 22.1 Å². The molecule has 0 bridgehead atoms. The summed E-state index contributed by atoms with van der Waals surface area (Å²) in [4.78, 5) is 11.8. The van der Waals surface area contributed by atoms with Crippen LogP contribution in [0.1, 0.15) is 49.9 Å². The zero-order valence-electron chi connectivity index (χ0n) is 12.9. The van der Waals surface area contributed by atoms with Gasteiger partial charge >= 0.3 is 0 Å². The van der Waals surface area contributed by atoms with Gasteiger partial charge in [0.25, 0.3) is 0 Å². The van der Waals surface area contributed by atoms with E-state index in [4.69, 9.17) is 4.98 Å². The predicted octanol–water partition coefficient (Wildman–Crippen LogP) is 3.29. The van der Waals surface area contributed by atoms with E-state index in [1.807, 2.05) is 14.0 Å². The second kappa shape index (κ2) is 5.58. The van der Waals surface area contributed by atoms with Gasteiger partial charge in [0, 0.05) is 25.2 Å². The SMILES string of the molecule is CNc1nc(C)nc(N2CCCC2C2CCCC2)c1C. The van der Waals surface area contributed by atoms with Gasteiger partial charge in [0.05, 0.1) is 0 Å². The van der Waals surface area contributed by atoms with Crippen LogP contribution in [0.4, 0.5) is 11.6 Å². The molecule has 4 nitrogen and oxygen atoms in total. The highest BCUT2D eigenvalue weighted by Gasteiger charge is 2.35. The van der Waals surface area contributed by atoms with Crippen molar-refractivity contribution in [3.8, 4) is 0 Å². The highest BCUT2D eigenvalue weighted by Crippen LogP contribution is 2.38. The molecule has 2 heterocycles.